The molecule has 1 heterocycles. The standard InChI is InChI=1S/C12H19N3O5/c1-8(2)7-20-4-3-13-12(19)15-6-10(16)14-5-9(15)11(17)18/h9H,1,3-7H2,2H3,(H,13,19)(H,14,16)(H,17,18). The predicted molar refractivity (Wildman–Crippen MR) is 70.2 cm³/mol. The summed E-state index contributed by atoms with van der Waals surface area (Å²) in [6, 6.07) is -1.64. The van der Waals surface area contributed by atoms with Crippen LogP contribution in [0.15, 0.2) is 12.2 Å². The van der Waals surface area contributed by atoms with Crippen LogP contribution >= 0.6 is 0 Å². The highest BCUT2D eigenvalue weighted by atomic mass is 16.5. The first kappa shape index (κ1) is 16.0. The van der Waals surface area contributed by atoms with Gasteiger partial charge in [-0.2, -0.15) is 0 Å². The summed E-state index contributed by atoms with van der Waals surface area (Å²) in [5.74, 6) is -1.53. The van der Waals surface area contributed by atoms with Crippen molar-refractivity contribution in [2.24, 2.45) is 0 Å². The maximum Gasteiger partial charge on any atom is 0.328 e. The van der Waals surface area contributed by atoms with Crippen molar-refractivity contribution >= 4 is 17.9 Å². The highest BCUT2D eigenvalue weighted by Crippen LogP contribution is 2.04. The summed E-state index contributed by atoms with van der Waals surface area (Å²) in [6.07, 6.45) is 0. The van der Waals surface area contributed by atoms with Crippen LogP contribution in [0.1, 0.15) is 6.92 Å². The lowest BCUT2D eigenvalue weighted by Gasteiger charge is -2.32. The fourth-order valence-electron chi connectivity index (χ4n) is 1.65. The Morgan fingerprint density at radius 3 is 2.90 bits per heavy atom. The number of hydrogen-bond acceptors (Lipinski definition) is 4. The first-order chi connectivity index (χ1) is 9.41. The average molecular weight is 285 g/mol. The Balaban J connectivity index is 2.41. The topological polar surface area (TPSA) is 108 Å². The molecule has 8 nitrogen and oxygen atoms in total. The highest BCUT2D eigenvalue weighted by molar-refractivity contribution is 5.90. The van der Waals surface area contributed by atoms with Gasteiger partial charge in [0.1, 0.15) is 12.6 Å². The molecule has 3 amide bonds. The second kappa shape index (κ2) is 7.49. The van der Waals surface area contributed by atoms with Crippen molar-refractivity contribution in [1.82, 2.24) is 15.5 Å². The van der Waals surface area contributed by atoms with Gasteiger partial charge in [0.25, 0.3) is 0 Å². The van der Waals surface area contributed by atoms with Crippen molar-refractivity contribution in [3.63, 3.8) is 0 Å². The molecular formula is C12H19N3O5. The van der Waals surface area contributed by atoms with Crippen molar-refractivity contribution < 1.29 is 24.2 Å². The van der Waals surface area contributed by atoms with Crippen LogP contribution in [0, 0.1) is 0 Å². The number of nitrogens with zero attached hydrogens (tertiary/aromatic N) is 1. The van der Waals surface area contributed by atoms with E-state index in [-0.39, 0.29) is 32.1 Å². The maximum atomic E-state index is 11.9. The number of amides is 3. The summed E-state index contributed by atoms with van der Waals surface area (Å²) >= 11 is 0. The van der Waals surface area contributed by atoms with Gasteiger partial charge < -0.3 is 20.5 Å². The van der Waals surface area contributed by atoms with Crippen LogP contribution in [0.3, 0.4) is 0 Å². The summed E-state index contributed by atoms with van der Waals surface area (Å²) in [4.78, 5) is 35.1. The van der Waals surface area contributed by atoms with Gasteiger partial charge in [-0.25, -0.2) is 9.59 Å². The molecule has 0 aromatic heterocycles. The second-order valence-electron chi connectivity index (χ2n) is 4.53. The number of aliphatic carboxylic acids is 1. The quantitative estimate of drug-likeness (QED) is 0.436. The minimum atomic E-state index is -1.15. The molecule has 0 aromatic carbocycles. The molecule has 0 aromatic rings. The number of carbonyl (C=O) groups excluding carboxylic acids is 2. The first-order valence-electron chi connectivity index (χ1n) is 6.18. The highest BCUT2D eigenvalue weighted by Gasteiger charge is 2.34. The molecule has 112 valence electrons. The molecule has 0 radical (unpaired) electrons. The fraction of sp³-hybridized carbons (Fsp3) is 0.583. The Kier molecular flexibility index (Phi) is 5.98. The van der Waals surface area contributed by atoms with Crippen molar-refractivity contribution in [3.8, 4) is 0 Å². The number of carboxylic acids is 1. The molecule has 0 spiro atoms. The summed E-state index contributed by atoms with van der Waals surface area (Å²) < 4.78 is 5.20. The Bertz CT molecular complexity index is 410. The molecule has 1 saturated heterocycles. The Labute approximate surface area is 116 Å². The van der Waals surface area contributed by atoms with E-state index in [1.807, 2.05) is 6.92 Å². The number of hydrogen-bond donors (Lipinski definition) is 3. The Hall–Kier alpha value is -2.09. The van der Waals surface area contributed by atoms with Gasteiger partial charge in [0.05, 0.1) is 13.2 Å². The smallest absolute Gasteiger partial charge is 0.328 e. The van der Waals surface area contributed by atoms with Crippen LogP contribution in [0.4, 0.5) is 4.79 Å². The van der Waals surface area contributed by atoms with Gasteiger partial charge in [0.15, 0.2) is 0 Å². The van der Waals surface area contributed by atoms with E-state index in [0.29, 0.717) is 6.61 Å². The zero-order valence-corrected chi connectivity index (χ0v) is 11.3. The van der Waals surface area contributed by atoms with Gasteiger partial charge in [-0.05, 0) is 6.92 Å². The molecule has 3 N–H and O–H groups in total. The molecule has 1 rings (SSSR count). The van der Waals surface area contributed by atoms with Crippen LogP contribution < -0.4 is 10.6 Å². The molecule has 0 saturated carbocycles. The number of ether oxygens (including phenoxy) is 1. The average Bonchev–Trinajstić information content (AvgIpc) is 2.37. The molecule has 1 atom stereocenters. The van der Waals surface area contributed by atoms with Gasteiger partial charge in [-0.1, -0.05) is 12.2 Å². The van der Waals surface area contributed by atoms with Crippen LogP contribution in [0.25, 0.3) is 0 Å². The minimum Gasteiger partial charge on any atom is -0.480 e. The number of carbonyl (C=O) groups is 3. The van der Waals surface area contributed by atoms with E-state index in [4.69, 9.17) is 9.84 Å². The van der Waals surface area contributed by atoms with E-state index in [0.717, 1.165) is 10.5 Å². The molecule has 20 heavy (non-hydrogen) atoms. The molecule has 0 aliphatic carbocycles. The third-order valence-electron chi connectivity index (χ3n) is 2.60. The Morgan fingerprint density at radius 2 is 2.30 bits per heavy atom. The number of nitrogens with one attached hydrogen (secondary N) is 2. The van der Waals surface area contributed by atoms with Gasteiger partial charge in [-0.15, -0.1) is 0 Å². The summed E-state index contributed by atoms with van der Waals surface area (Å²) in [5, 5.41) is 13.9. The molecule has 1 aliphatic rings. The van der Waals surface area contributed by atoms with E-state index in [2.05, 4.69) is 17.2 Å². The van der Waals surface area contributed by atoms with Gasteiger partial charge in [0, 0.05) is 13.1 Å². The summed E-state index contributed by atoms with van der Waals surface area (Å²) in [6.45, 7) is 6.06. The van der Waals surface area contributed by atoms with E-state index in [9.17, 15) is 14.4 Å². The molecule has 0 bridgehead atoms. The van der Waals surface area contributed by atoms with Crippen LogP contribution in [0.2, 0.25) is 0 Å². The van der Waals surface area contributed by atoms with Gasteiger partial charge in [-0.3, -0.25) is 9.69 Å². The molecule has 1 aliphatic heterocycles. The number of piperazine rings is 1. The molecule has 8 heteroatoms. The number of carboxylic acid groups (broad SMARTS) is 1. The van der Waals surface area contributed by atoms with Crippen molar-refractivity contribution in [3.05, 3.63) is 12.2 Å². The van der Waals surface area contributed by atoms with Crippen LogP contribution in [-0.4, -0.2) is 66.8 Å². The Morgan fingerprint density at radius 1 is 1.60 bits per heavy atom. The third-order valence-corrected chi connectivity index (χ3v) is 2.60. The SMILES string of the molecule is C=C(C)COCCNC(=O)N1CC(=O)NCC1C(=O)O. The normalized spacial score (nSPS) is 18.4. The minimum absolute atomic E-state index is 0.0895. The number of urea groups is 1. The summed E-state index contributed by atoms with van der Waals surface area (Å²) in [7, 11) is 0. The van der Waals surface area contributed by atoms with Crippen molar-refractivity contribution in [2.75, 3.05) is 32.8 Å². The van der Waals surface area contributed by atoms with Crippen LogP contribution in [-0.2, 0) is 14.3 Å². The maximum absolute atomic E-state index is 11.9. The predicted octanol–water partition coefficient (Wildman–Crippen LogP) is -0.826. The molecular weight excluding hydrogens is 266 g/mol. The molecule has 1 unspecified atom stereocenters. The van der Waals surface area contributed by atoms with Crippen LogP contribution in [0.5, 0.6) is 0 Å². The summed E-state index contributed by atoms with van der Waals surface area (Å²) in [5.41, 5.74) is 0.870. The second-order valence-corrected chi connectivity index (χ2v) is 4.53. The zero-order valence-electron chi connectivity index (χ0n) is 11.3. The van der Waals surface area contributed by atoms with E-state index in [1.54, 1.807) is 0 Å². The molecule has 1 fully saturated rings. The van der Waals surface area contributed by atoms with Gasteiger partial charge >= 0.3 is 12.0 Å². The lowest BCUT2D eigenvalue weighted by molar-refractivity contribution is -0.144. The van der Waals surface area contributed by atoms with Crippen molar-refractivity contribution in [2.45, 2.75) is 13.0 Å². The van der Waals surface area contributed by atoms with E-state index in [1.165, 1.54) is 0 Å². The third kappa shape index (κ3) is 4.88. The first-order valence-corrected chi connectivity index (χ1v) is 6.18. The fourth-order valence-corrected chi connectivity index (χ4v) is 1.65. The monoisotopic (exact) mass is 285 g/mol. The zero-order chi connectivity index (χ0) is 15.1. The largest absolute Gasteiger partial charge is 0.480 e. The van der Waals surface area contributed by atoms with E-state index >= 15 is 0 Å². The number of rotatable bonds is 6. The van der Waals surface area contributed by atoms with Gasteiger partial charge in [0.2, 0.25) is 5.91 Å². The van der Waals surface area contributed by atoms with E-state index < -0.39 is 18.0 Å². The van der Waals surface area contributed by atoms with Crippen molar-refractivity contribution in [1.29, 1.82) is 0 Å². The lowest BCUT2D eigenvalue weighted by atomic mass is 10.2. The lowest BCUT2D eigenvalue weighted by Crippen LogP contribution is -2.61.